The lowest BCUT2D eigenvalue weighted by molar-refractivity contribution is -0.140. The number of hydrogen-bond donors (Lipinski definition) is 6. The number of unbranched alkanes of at least 4 members (excludes halogenated alkanes) is 3. The third kappa shape index (κ3) is 44.3. The monoisotopic (exact) mass is 438 g/mol. The van der Waals surface area contributed by atoms with E-state index in [-0.39, 0.29) is 44.9 Å². The molecule has 30 heavy (non-hydrogen) atoms. The highest BCUT2D eigenvalue weighted by Crippen LogP contribution is 2.02. The molecule has 0 aliphatic heterocycles. The highest BCUT2D eigenvalue weighted by atomic mass is 16.4. The molecule has 0 aromatic carbocycles. The van der Waals surface area contributed by atoms with Gasteiger partial charge in [-0.15, -0.1) is 0 Å². The first-order valence-corrected chi connectivity index (χ1v) is 9.19. The Labute approximate surface area is 173 Å². The van der Waals surface area contributed by atoms with Crippen LogP contribution in [0.2, 0.25) is 0 Å². The molecule has 6 N–H and O–H groups in total. The molecule has 0 fully saturated rings. The van der Waals surface area contributed by atoms with Crippen molar-refractivity contribution in [1.29, 1.82) is 0 Å². The minimum absolute atomic E-state index is 0.0628. The molecular weight excluding hydrogens is 408 g/mol. The van der Waals surface area contributed by atoms with E-state index in [4.69, 9.17) is 30.6 Å². The molecule has 174 valence electrons. The second kappa shape index (κ2) is 22.1. The minimum atomic E-state index is -0.948. The van der Waals surface area contributed by atoms with Gasteiger partial charge in [-0.2, -0.15) is 0 Å². The molecule has 0 aliphatic rings. The topological polar surface area (TPSA) is 224 Å². The summed E-state index contributed by atoms with van der Waals surface area (Å²) in [5, 5.41) is 48.7. The fourth-order valence-corrected chi connectivity index (χ4v) is 1.67. The summed E-state index contributed by atoms with van der Waals surface area (Å²) in [7, 11) is 0. The highest BCUT2D eigenvalue weighted by molar-refractivity contribution is 5.70. The molecule has 0 aliphatic carbocycles. The maximum absolute atomic E-state index is 9.98. The number of carboxylic acid groups (broad SMARTS) is 6. The summed E-state index contributed by atoms with van der Waals surface area (Å²) < 4.78 is 0. The standard InChI is InChI=1S/C7H12O4.C6H10O4.C5H8O4/c8-6(9)4-2-1-3-5-7(10)11;7-5(8)3-1-2-4-6(9)10;6-4(7)2-1-3-5(8)9/h1-5H2,(H,8,9)(H,10,11);1-4H2,(H,7,8)(H,9,10);1-3H2,(H,6,7)(H,8,9). The Morgan fingerprint density at radius 2 is 0.467 bits per heavy atom. The third-order valence-electron chi connectivity index (χ3n) is 3.09. The second-order valence-electron chi connectivity index (χ2n) is 5.98. The van der Waals surface area contributed by atoms with Crippen molar-refractivity contribution < 1.29 is 59.4 Å². The number of rotatable bonds is 15. The molecule has 0 heterocycles. The molecular formula is C18H30O12. The van der Waals surface area contributed by atoms with Crippen LogP contribution in [-0.4, -0.2) is 66.5 Å². The van der Waals surface area contributed by atoms with Crippen LogP contribution in [0.3, 0.4) is 0 Å². The Bertz CT molecular complexity index is 495. The smallest absolute Gasteiger partial charge is 0.303 e. The van der Waals surface area contributed by atoms with E-state index in [1.807, 2.05) is 0 Å². The average Bonchev–Trinajstić information content (AvgIpc) is 2.58. The summed E-state index contributed by atoms with van der Waals surface area (Å²) >= 11 is 0. The van der Waals surface area contributed by atoms with Crippen molar-refractivity contribution in [3.8, 4) is 0 Å². The van der Waals surface area contributed by atoms with Crippen molar-refractivity contribution >= 4 is 35.8 Å². The van der Waals surface area contributed by atoms with Gasteiger partial charge in [-0.3, -0.25) is 28.8 Å². The summed E-state index contributed by atoms with van der Waals surface area (Å²) in [4.78, 5) is 59.3. The zero-order valence-corrected chi connectivity index (χ0v) is 16.6. The van der Waals surface area contributed by atoms with E-state index in [1.165, 1.54) is 0 Å². The molecule has 0 rings (SSSR count). The number of hydrogen-bond acceptors (Lipinski definition) is 6. The van der Waals surface area contributed by atoms with Crippen LogP contribution in [-0.2, 0) is 28.8 Å². The second-order valence-corrected chi connectivity index (χ2v) is 5.98. The fraction of sp³-hybridized carbons (Fsp3) is 0.667. The van der Waals surface area contributed by atoms with Crippen LogP contribution < -0.4 is 0 Å². The van der Waals surface area contributed by atoms with E-state index >= 15 is 0 Å². The van der Waals surface area contributed by atoms with Crippen LogP contribution in [0.25, 0.3) is 0 Å². The molecule has 0 radical (unpaired) electrons. The molecule has 0 aromatic rings. The van der Waals surface area contributed by atoms with Crippen LogP contribution in [0.15, 0.2) is 0 Å². The van der Waals surface area contributed by atoms with Gasteiger partial charge in [0, 0.05) is 38.5 Å². The molecule has 0 bridgehead atoms. The third-order valence-corrected chi connectivity index (χ3v) is 3.09. The van der Waals surface area contributed by atoms with Gasteiger partial charge in [-0.25, -0.2) is 0 Å². The van der Waals surface area contributed by atoms with Crippen molar-refractivity contribution in [2.24, 2.45) is 0 Å². The lowest BCUT2D eigenvalue weighted by atomic mass is 10.1. The Morgan fingerprint density at radius 1 is 0.300 bits per heavy atom. The zero-order chi connectivity index (χ0) is 23.9. The molecule has 0 aromatic heterocycles. The maximum Gasteiger partial charge on any atom is 0.303 e. The van der Waals surface area contributed by atoms with E-state index in [9.17, 15) is 28.8 Å². The van der Waals surface area contributed by atoms with Crippen molar-refractivity contribution in [3.63, 3.8) is 0 Å². The largest absolute Gasteiger partial charge is 0.481 e. The van der Waals surface area contributed by atoms with Crippen molar-refractivity contribution in [3.05, 3.63) is 0 Å². The van der Waals surface area contributed by atoms with Crippen molar-refractivity contribution in [2.75, 3.05) is 0 Å². The summed E-state index contributed by atoms with van der Waals surface area (Å²) in [6.45, 7) is 0. The quantitative estimate of drug-likeness (QED) is 0.202. The predicted molar refractivity (Wildman–Crippen MR) is 101 cm³/mol. The van der Waals surface area contributed by atoms with Gasteiger partial charge in [-0.05, 0) is 32.1 Å². The molecule has 0 amide bonds. The van der Waals surface area contributed by atoms with E-state index in [2.05, 4.69) is 0 Å². The Kier molecular flexibility index (Phi) is 23.2. The van der Waals surface area contributed by atoms with Crippen LogP contribution in [0.1, 0.15) is 77.0 Å². The van der Waals surface area contributed by atoms with E-state index in [1.54, 1.807) is 0 Å². The first kappa shape index (κ1) is 31.5. The summed E-state index contributed by atoms with van der Waals surface area (Å²) in [6.07, 6.45) is 3.20. The molecule has 12 heteroatoms. The Balaban J connectivity index is -0.000000366. The van der Waals surface area contributed by atoms with E-state index in [0.717, 1.165) is 0 Å². The predicted octanol–water partition coefficient (Wildman–Crippen LogP) is 2.15. The summed E-state index contributed by atoms with van der Waals surface area (Å²) in [5.41, 5.74) is 0. The number of aliphatic carboxylic acids is 6. The normalized spacial score (nSPS) is 9.20. The highest BCUT2D eigenvalue weighted by Gasteiger charge is 2.00. The minimum Gasteiger partial charge on any atom is -0.481 e. The van der Waals surface area contributed by atoms with Gasteiger partial charge in [0.25, 0.3) is 0 Å². The fourth-order valence-electron chi connectivity index (χ4n) is 1.67. The average molecular weight is 438 g/mol. The molecule has 0 atom stereocenters. The van der Waals surface area contributed by atoms with Gasteiger partial charge in [0.1, 0.15) is 0 Å². The lowest BCUT2D eigenvalue weighted by Gasteiger charge is -1.94. The van der Waals surface area contributed by atoms with Crippen molar-refractivity contribution in [1.82, 2.24) is 0 Å². The Hall–Kier alpha value is -3.18. The number of carbonyl (C=O) groups is 6. The Morgan fingerprint density at radius 3 is 0.667 bits per heavy atom. The summed E-state index contributed by atoms with van der Waals surface area (Å²) in [6, 6.07) is 0. The van der Waals surface area contributed by atoms with Gasteiger partial charge in [0.2, 0.25) is 0 Å². The maximum atomic E-state index is 9.98. The van der Waals surface area contributed by atoms with Gasteiger partial charge in [0.15, 0.2) is 0 Å². The van der Waals surface area contributed by atoms with Crippen molar-refractivity contribution in [2.45, 2.75) is 77.0 Å². The molecule has 0 saturated heterocycles. The molecule has 0 saturated carbocycles. The molecule has 12 nitrogen and oxygen atoms in total. The van der Waals surface area contributed by atoms with Gasteiger partial charge in [-0.1, -0.05) is 6.42 Å². The van der Waals surface area contributed by atoms with Crippen LogP contribution in [0.5, 0.6) is 0 Å². The first-order valence-electron chi connectivity index (χ1n) is 9.19. The summed E-state index contributed by atoms with van der Waals surface area (Å²) in [5.74, 6) is -5.27. The van der Waals surface area contributed by atoms with Gasteiger partial charge < -0.3 is 30.6 Å². The van der Waals surface area contributed by atoms with Crippen LogP contribution in [0.4, 0.5) is 0 Å². The van der Waals surface area contributed by atoms with E-state index < -0.39 is 35.8 Å². The van der Waals surface area contributed by atoms with E-state index in [0.29, 0.717) is 32.1 Å². The van der Waals surface area contributed by atoms with Gasteiger partial charge >= 0.3 is 35.8 Å². The first-order chi connectivity index (χ1) is 13.9. The number of carboxylic acids is 6. The molecule has 0 spiro atoms. The lowest BCUT2D eigenvalue weighted by Crippen LogP contribution is -1.98. The van der Waals surface area contributed by atoms with Crippen LogP contribution >= 0.6 is 0 Å². The van der Waals surface area contributed by atoms with Gasteiger partial charge in [0.05, 0.1) is 0 Å². The molecule has 0 unspecified atom stereocenters. The zero-order valence-electron chi connectivity index (χ0n) is 16.6. The SMILES string of the molecule is O=C(O)CCCC(=O)O.O=C(O)CCCCC(=O)O.O=C(O)CCCCCC(=O)O. The van der Waals surface area contributed by atoms with Crippen LogP contribution in [0, 0.1) is 0 Å².